The molecule has 0 aliphatic carbocycles. The van der Waals surface area contributed by atoms with Crippen molar-refractivity contribution < 1.29 is 32.3 Å². The lowest BCUT2D eigenvalue weighted by Crippen LogP contribution is -2.21. The number of Topliss-reactive ketones (excluding diaryl/α,β-unsaturated/α-hetero) is 1. The second-order valence-electron chi connectivity index (χ2n) is 7.28. The summed E-state index contributed by atoms with van der Waals surface area (Å²) in [6.45, 7) is 2.17. The van der Waals surface area contributed by atoms with Gasteiger partial charge in [-0.1, -0.05) is 25.8 Å². The van der Waals surface area contributed by atoms with E-state index in [1.165, 1.54) is 24.3 Å². The van der Waals surface area contributed by atoms with Gasteiger partial charge in [0, 0.05) is 17.7 Å². The standard InChI is InChI=1S/C23H28N2O7S/c1-2-3-4-14-31-19-10-8-17(9-11-19)21(26)12-13-23(28)32-16-22(27)25-18-6-5-7-20(15-18)33(24,29)30/h5-11,15H,2-4,12-14,16H2,1H3,(H,25,27)(H2,24,29,30). The highest BCUT2D eigenvalue weighted by Gasteiger charge is 2.13. The van der Waals surface area contributed by atoms with Gasteiger partial charge < -0.3 is 14.8 Å². The van der Waals surface area contributed by atoms with Crippen LogP contribution in [0.15, 0.2) is 53.4 Å². The highest BCUT2D eigenvalue weighted by Crippen LogP contribution is 2.16. The summed E-state index contributed by atoms with van der Waals surface area (Å²) in [5.74, 6) is -0.903. The third-order valence-corrected chi connectivity index (χ3v) is 5.47. The van der Waals surface area contributed by atoms with Crippen LogP contribution in [0.3, 0.4) is 0 Å². The van der Waals surface area contributed by atoms with Crippen molar-refractivity contribution in [1.29, 1.82) is 0 Å². The fourth-order valence-corrected chi connectivity index (χ4v) is 3.36. The third-order valence-electron chi connectivity index (χ3n) is 4.56. The SMILES string of the molecule is CCCCCOc1ccc(C(=O)CCC(=O)OCC(=O)Nc2cccc(S(N)(=O)=O)c2)cc1. The van der Waals surface area contributed by atoms with Crippen LogP contribution >= 0.6 is 0 Å². The van der Waals surface area contributed by atoms with Crippen LogP contribution in [0, 0.1) is 0 Å². The maximum Gasteiger partial charge on any atom is 0.306 e. The molecule has 2 aromatic rings. The van der Waals surface area contributed by atoms with Crippen molar-refractivity contribution >= 4 is 33.4 Å². The van der Waals surface area contributed by atoms with E-state index in [2.05, 4.69) is 12.2 Å². The second-order valence-corrected chi connectivity index (χ2v) is 8.85. The Kier molecular flexibility index (Phi) is 10.0. The molecule has 0 aromatic heterocycles. The molecule has 10 heteroatoms. The number of nitrogens with one attached hydrogen (secondary N) is 1. The molecule has 33 heavy (non-hydrogen) atoms. The molecular weight excluding hydrogens is 448 g/mol. The fraction of sp³-hybridized carbons (Fsp3) is 0.348. The fourth-order valence-electron chi connectivity index (χ4n) is 2.81. The first-order valence-electron chi connectivity index (χ1n) is 10.5. The van der Waals surface area contributed by atoms with Crippen molar-refractivity contribution in [3.63, 3.8) is 0 Å². The van der Waals surface area contributed by atoms with Crippen LogP contribution < -0.4 is 15.2 Å². The Balaban J connectivity index is 1.73. The topological polar surface area (TPSA) is 142 Å². The molecule has 0 radical (unpaired) electrons. The lowest BCUT2D eigenvalue weighted by atomic mass is 10.1. The summed E-state index contributed by atoms with van der Waals surface area (Å²) >= 11 is 0. The molecule has 0 bridgehead atoms. The van der Waals surface area contributed by atoms with Gasteiger partial charge in [0.05, 0.1) is 17.9 Å². The van der Waals surface area contributed by atoms with Gasteiger partial charge in [0.1, 0.15) is 5.75 Å². The summed E-state index contributed by atoms with van der Waals surface area (Å²) in [5.41, 5.74) is 0.645. The van der Waals surface area contributed by atoms with E-state index in [4.69, 9.17) is 14.6 Å². The number of carbonyl (C=O) groups is 3. The predicted octanol–water partition coefficient (Wildman–Crippen LogP) is 3.05. The number of amides is 1. The van der Waals surface area contributed by atoms with Gasteiger partial charge in [-0.05, 0) is 48.9 Å². The Morgan fingerprint density at radius 2 is 1.73 bits per heavy atom. The summed E-state index contributed by atoms with van der Waals surface area (Å²) in [4.78, 5) is 35.9. The van der Waals surface area contributed by atoms with Crippen LogP contribution in [0.5, 0.6) is 5.75 Å². The van der Waals surface area contributed by atoms with Crippen molar-refractivity contribution in [2.75, 3.05) is 18.5 Å². The molecule has 1 amide bonds. The van der Waals surface area contributed by atoms with Gasteiger partial charge in [0.15, 0.2) is 12.4 Å². The van der Waals surface area contributed by atoms with E-state index in [1.54, 1.807) is 24.3 Å². The van der Waals surface area contributed by atoms with Gasteiger partial charge in [-0.3, -0.25) is 14.4 Å². The van der Waals surface area contributed by atoms with Crippen molar-refractivity contribution in [2.45, 2.75) is 43.9 Å². The number of carbonyl (C=O) groups excluding carboxylic acids is 3. The monoisotopic (exact) mass is 476 g/mol. The van der Waals surface area contributed by atoms with Gasteiger partial charge in [-0.25, -0.2) is 13.6 Å². The van der Waals surface area contributed by atoms with Crippen LogP contribution in [-0.2, 0) is 24.3 Å². The minimum absolute atomic E-state index is 0.0619. The molecule has 9 nitrogen and oxygen atoms in total. The molecule has 0 unspecified atom stereocenters. The largest absolute Gasteiger partial charge is 0.494 e. The minimum atomic E-state index is -3.91. The molecule has 0 aliphatic heterocycles. The molecule has 0 spiro atoms. The molecular formula is C23H28N2O7S. The van der Waals surface area contributed by atoms with Gasteiger partial charge in [-0.2, -0.15) is 0 Å². The molecule has 0 atom stereocenters. The lowest BCUT2D eigenvalue weighted by Gasteiger charge is -2.08. The van der Waals surface area contributed by atoms with Crippen LogP contribution in [0.2, 0.25) is 0 Å². The zero-order valence-electron chi connectivity index (χ0n) is 18.4. The number of rotatable bonds is 13. The number of esters is 1. The summed E-state index contributed by atoms with van der Waals surface area (Å²) in [7, 11) is -3.91. The first-order valence-corrected chi connectivity index (χ1v) is 12.1. The zero-order chi connectivity index (χ0) is 24.3. The molecule has 0 fully saturated rings. The number of hydrogen-bond acceptors (Lipinski definition) is 7. The number of benzene rings is 2. The summed E-state index contributed by atoms with van der Waals surface area (Å²) in [6, 6.07) is 12.1. The van der Waals surface area contributed by atoms with E-state index < -0.39 is 28.5 Å². The van der Waals surface area contributed by atoms with Gasteiger partial charge >= 0.3 is 5.97 Å². The zero-order valence-corrected chi connectivity index (χ0v) is 19.2. The Morgan fingerprint density at radius 1 is 1.00 bits per heavy atom. The number of unbranched alkanes of at least 4 members (excludes halogenated alkanes) is 2. The maximum atomic E-state index is 12.3. The number of ether oxygens (including phenoxy) is 2. The van der Waals surface area contributed by atoms with E-state index in [0.717, 1.165) is 19.3 Å². The van der Waals surface area contributed by atoms with E-state index in [-0.39, 0.29) is 29.2 Å². The highest BCUT2D eigenvalue weighted by atomic mass is 32.2. The average Bonchev–Trinajstić information content (AvgIpc) is 2.79. The summed E-state index contributed by atoms with van der Waals surface area (Å²) in [5, 5.41) is 7.46. The molecule has 2 aromatic carbocycles. The van der Waals surface area contributed by atoms with Gasteiger partial charge in [0.2, 0.25) is 10.0 Å². The van der Waals surface area contributed by atoms with E-state index >= 15 is 0 Å². The quantitative estimate of drug-likeness (QED) is 0.257. The maximum absolute atomic E-state index is 12.3. The lowest BCUT2D eigenvalue weighted by molar-refractivity contribution is -0.147. The van der Waals surface area contributed by atoms with Gasteiger partial charge in [-0.15, -0.1) is 0 Å². The normalized spacial score (nSPS) is 11.0. The first-order chi connectivity index (χ1) is 15.7. The molecule has 3 N–H and O–H groups in total. The third kappa shape index (κ3) is 9.42. The number of hydrogen-bond donors (Lipinski definition) is 2. The first kappa shape index (κ1) is 26.0. The predicted molar refractivity (Wildman–Crippen MR) is 122 cm³/mol. The van der Waals surface area contributed by atoms with Crippen molar-refractivity contribution in [3.8, 4) is 5.75 Å². The second kappa shape index (κ2) is 12.7. The van der Waals surface area contributed by atoms with E-state index in [1.807, 2.05) is 0 Å². The summed E-state index contributed by atoms with van der Waals surface area (Å²) in [6.07, 6.45) is 2.94. The smallest absolute Gasteiger partial charge is 0.306 e. The van der Waals surface area contributed by atoms with Crippen LogP contribution in [0.25, 0.3) is 0 Å². The number of ketones is 1. The van der Waals surface area contributed by atoms with Crippen LogP contribution in [0.1, 0.15) is 49.4 Å². The number of sulfonamides is 1. The van der Waals surface area contributed by atoms with Crippen LogP contribution in [-0.4, -0.2) is 39.3 Å². The number of nitrogens with two attached hydrogens (primary N) is 1. The van der Waals surface area contributed by atoms with Crippen molar-refractivity contribution in [2.24, 2.45) is 5.14 Å². The highest BCUT2D eigenvalue weighted by molar-refractivity contribution is 7.89. The molecule has 178 valence electrons. The Morgan fingerprint density at radius 3 is 2.39 bits per heavy atom. The summed E-state index contributed by atoms with van der Waals surface area (Å²) < 4.78 is 33.2. The van der Waals surface area contributed by atoms with Crippen LogP contribution in [0.4, 0.5) is 5.69 Å². The Labute approximate surface area is 193 Å². The van der Waals surface area contributed by atoms with Crippen molar-refractivity contribution in [1.82, 2.24) is 0 Å². The molecule has 0 aliphatic rings. The molecule has 0 saturated heterocycles. The number of primary sulfonamides is 1. The minimum Gasteiger partial charge on any atom is -0.494 e. The Bertz CT molecular complexity index is 1070. The Hall–Kier alpha value is -3.24. The van der Waals surface area contributed by atoms with E-state index in [0.29, 0.717) is 17.9 Å². The average molecular weight is 477 g/mol. The molecule has 0 heterocycles. The van der Waals surface area contributed by atoms with E-state index in [9.17, 15) is 22.8 Å². The van der Waals surface area contributed by atoms with Crippen molar-refractivity contribution in [3.05, 3.63) is 54.1 Å². The number of anilines is 1. The molecule has 2 rings (SSSR count). The van der Waals surface area contributed by atoms with Gasteiger partial charge in [0.25, 0.3) is 5.91 Å². The molecule has 0 saturated carbocycles.